The first-order chi connectivity index (χ1) is 16.0. The van der Waals surface area contributed by atoms with Crippen LogP contribution in [0.1, 0.15) is 21.6 Å². The Bertz CT molecular complexity index is 1160. The third kappa shape index (κ3) is 4.90. The molecule has 3 N–H and O–H groups in total. The van der Waals surface area contributed by atoms with Crippen LogP contribution in [0, 0.1) is 0 Å². The molecule has 1 amide bonds. The van der Waals surface area contributed by atoms with Crippen LogP contribution < -0.4 is 20.5 Å². The summed E-state index contributed by atoms with van der Waals surface area (Å²) in [4.78, 5) is 25.4. The number of benzene rings is 2. The maximum atomic E-state index is 12.7. The molecule has 0 bridgehead atoms. The van der Waals surface area contributed by atoms with Gasteiger partial charge in [0.2, 0.25) is 5.88 Å². The number of carbonyl (C=O) groups excluding carboxylic acids is 1. The molecule has 1 atom stereocenters. The monoisotopic (exact) mass is 467 g/mol. The summed E-state index contributed by atoms with van der Waals surface area (Å²) in [5.74, 6) is 1.11. The van der Waals surface area contributed by atoms with E-state index in [2.05, 4.69) is 15.3 Å². The van der Waals surface area contributed by atoms with Crippen LogP contribution in [-0.4, -0.2) is 47.2 Å². The number of thioether (sulfide) groups is 1. The number of carbonyl (C=O) groups is 1. The van der Waals surface area contributed by atoms with E-state index < -0.39 is 18.1 Å². The van der Waals surface area contributed by atoms with Crippen molar-refractivity contribution in [3.63, 3.8) is 0 Å². The van der Waals surface area contributed by atoms with Gasteiger partial charge < -0.3 is 20.5 Å². The Labute approximate surface area is 194 Å². The minimum atomic E-state index is -0.684. The Balaban J connectivity index is 1.58. The lowest BCUT2D eigenvalue weighted by Crippen LogP contribution is -2.26. The molecule has 2 aromatic carbocycles. The van der Waals surface area contributed by atoms with Gasteiger partial charge in [0, 0.05) is 11.4 Å². The Morgan fingerprint density at radius 1 is 1.18 bits per heavy atom. The summed E-state index contributed by atoms with van der Waals surface area (Å²) < 4.78 is 22.5. The number of aromatic nitrogens is 2. The van der Waals surface area contributed by atoms with E-state index >= 15 is 0 Å². The lowest BCUT2D eigenvalue weighted by Gasteiger charge is -2.27. The SMILES string of the molecule is COc1ccc(C2(c3cccc(NC(=O)c4cnc(OCCF)cn4)c3)CSC(N)=N2)cc1. The molecule has 1 aliphatic heterocycles. The Hall–Kier alpha value is -3.66. The number of aliphatic imine (C=N–C) groups is 1. The summed E-state index contributed by atoms with van der Waals surface area (Å²) in [6.07, 6.45) is 2.57. The van der Waals surface area contributed by atoms with Crippen molar-refractivity contribution >= 4 is 28.5 Å². The molecule has 1 aliphatic rings. The molecule has 1 unspecified atom stereocenters. The molecule has 10 heteroatoms. The van der Waals surface area contributed by atoms with Crippen molar-refractivity contribution in [1.29, 1.82) is 0 Å². The highest BCUT2D eigenvalue weighted by Crippen LogP contribution is 2.42. The minimum Gasteiger partial charge on any atom is -0.497 e. The van der Waals surface area contributed by atoms with Gasteiger partial charge in [-0.2, -0.15) is 0 Å². The summed E-state index contributed by atoms with van der Waals surface area (Å²) >= 11 is 1.48. The minimum absolute atomic E-state index is 0.108. The molecule has 0 aliphatic carbocycles. The van der Waals surface area contributed by atoms with Crippen LogP contribution in [0.3, 0.4) is 0 Å². The van der Waals surface area contributed by atoms with Crippen LogP contribution in [0.2, 0.25) is 0 Å². The van der Waals surface area contributed by atoms with E-state index in [1.807, 2.05) is 42.5 Å². The fourth-order valence-electron chi connectivity index (χ4n) is 3.46. The molecular formula is C23H22FN5O3S. The Morgan fingerprint density at radius 3 is 2.64 bits per heavy atom. The summed E-state index contributed by atoms with van der Waals surface area (Å²) in [7, 11) is 1.62. The second-order valence-corrected chi connectivity index (χ2v) is 8.14. The number of nitrogens with one attached hydrogen (secondary N) is 1. The molecule has 0 radical (unpaired) electrons. The van der Waals surface area contributed by atoms with Gasteiger partial charge in [0.05, 0.1) is 19.5 Å². The number of methoxy groups -OCH3 is 1. The number of ether oxygens (including phenoxy) is 2. The molecule has 3 aromatic rings. The van der Waals surface area contributed by atoms with Gasteiger partial charge in [-0.1, -0.05) is 36.0 Å². The van der Waals surface area contributed by atoms with Gasteiger partial charge in [0.25, 0.3) is 5.91 Å². The third-order valence-electron chi connectivity index (χ3n) is 5.08. The van der Waals surface area contributed by atoms with Gasteiger partial charge in [0.1, 0.15) is 30.3 Å². The van der Waals surface area contributed by atoms with Crippen molar-refractivity contribution < 1.29 is 18.7 Å². The molecule has 0 fully saturated rings. The number of halogens is 1. The summed E-state index contributed by atoms with van der Waals surface area (Å²) in [5, 5.41) is 3.34. The van der Waals surface area contributed by atoms with Crippen molar-refractivity contribution in [1.82, 2.24) is 9.97 Å². The van der Waals surface area contributed by atoms with Gasteiger partial charge in [-0.05, 0) is 35.4 Å². The van der Waals surface area contributed by atoms with Crippen molar-refractivity contribution in [2.24, 2.45) is 10.7 Å². The first kappa shape index (κ1) is 22.5. The summed E-state index contributed by atoms with van der Waals surface area (Å²) in [6.45, 7) is -0.749. The largest absolute Gasteiger partial charge is 0.497 e. The van der Waals surface area contributed by atoms with Gasteiger partial charge in [-0.3, -0.25) is 4.79 Å². The maximum absolute atomic E-state index is 12.7. The Kier molecular flexibility index (Phi) is 6.74. The Morgan fingerprint density at radius 2 is 2.00 bits per heavy atom. The third-order valence-corrected chi connectivity index (χ3v) is 6.03. The van der Waals surface area contributed by atoms with Crippen LogP contribution in [0.5, 0.6) is 11.6 Å². The molecule has 33 heavy (non-hydrogen) atoms. The first-order valence-electron chi connectivity index (χ1n) is 10.1. The van der Waals surface area contributed by atoms with Crippen molar-refractivity contribution in [2.45, 2.75) is 5.54 Å². The van der Waals surface area contributed by atoms with E-state index in [1.54, 1.807) is 13.2 Å². The average Bonchev–Trinajstić information content (AvgIpc) is 3.26. The number of hydrogen-bond donors (Lipinski definition) is 2. The zero-order chi connectivity index (χ0) is 23.3. The molecule has 4 rings (SSSR count). The van der Waals surface area contributed by atoms with Crippen LogP contribution in [-0.2, 0) is 5.54 Å². The second kappa shape index (κ2) is 9.86. The van der Waals surface area contributed by atoms with Crippen molar-refractivity contribution in [3.8, 4) is 11.6 Å². The molecule has 0 saturated carbocycles. The summed E-state index contributed by atoms with van der Waals surface area (Å²) in [6, 6.07) is 15.2. The fourth-order valence-corrected chi connectivity index (χ4v) is 4.44. The predicted molar refractivity (Wildman–Crippen MR) is 126 cm³/mol. The maximum Gasteiger partial charge on any atom is 0.275 e. The van der Waals surface area contributed by atoms with Crippen molar-refractivity contribution in [2.75, 3.05) is 31.5 Å². The average molecular weight is 468 g/mol. The van der Waals surface area contributed by atoms with Crippen LogP contribution in [0.25, 0.3) is 0 Å². The van der Waals surface area contributed by atoms with Crippen LogP contribution >= 0.6 is 11.8 Å². The molecular weight excluding hydrogens is 445 g/mol. The molecule has 8 nitrogen and oxygen atoms in total. The first-order valence-corrected chi connectivity index (χ1v) is 11.1. The van der Waals surface area contributed by atoms with E-state index in [-0.39, 0.29) is 18.2 Å². The number of hydrogen-bond acceptors (Lipinski definition) is 8. The molecule has 170 valence electrons. The number of amidine groups is 1. The molecule has 1 aromatic heterocycles. The smallest absolute Gasteiger partial charge is 0.275 e. The molecule has 0 spiro atoms. The zero-order valence-electron chi connectivity index (χ0n) is 17.8. The lowest BCUT2D eigenvalue weighted by atomic mass is 9.85. The van der Waals surface area contributed by atoms with E-state index in [9.17, 15) is 9.18 Å². The zero-order valence-corrected chi connectivity index (χ0v) is 18.6. The topological polar surface area (TPSA) is 112 Å². The number of rotatable bonds is 8. The second-order valence-electron chi connectivity index (χ2n) is 7.14. The number of nitrogens with zero attached hydrogens (tertiary/aromatic N) is 3. The van der Waals surface area contributed by atoms with Gasteiger partial charge >= 0.3 is 0 Å². The summed E-state index contributed by atoms with van der Waals surface area (Å²) in [5.41, 5.74) is 7.91. The van der Waals surface area contributed by atoms with Crippen LogP contribution in [0.15, 0.2) is 65.9 Å². The number of alkyl halides is 1. The van der Waals surface area contributed by atoms with E-state index in [1.165, 1.54) is 24.2 Å². The molecule has 2 heterocycles. The highest BCUT2D eigenvalue weighted by molar-refractivity contribution is 8.14. The molecule has 0 saturated heterocycles. The normalized spacial score (nSPS) is 17.3. The highest BCUT2D eigenvalue weighted by Gasteiger charge is 2.39. The fraction of sp³-hybridized carbons (Fsp3) is 0.217. The number of anilines is 1. The van der Waals surface area contributed by atoms with Crippen molar-refractivity contribution in [3.05, 3.63) is 77.7 Å². The van der Waals surface area contributed by atoms with E-state index in [4.69, 9.17) is 20.2 Å². The lowest BCUT2D eigenvalue weighted by molar-refractivity contribution is 0.102. The number of amides is 1. The van der Waals surface area contributed by atoms with E-state index in [0.29, 0.717) is 16.6 Å². The van der Waals surface area contributed by atoms with Gasteiger partial charge in [-0.15, -0.1) is 0 Å². The van der Waals surface area contributed by atoms with Gasteiger partial charge in [0.15, 0.2) is 5.17 Å². The van der Waals surface area contributed by atoms with E-state index in [0.717, 1.165) is 16.9 Å². The highest BCUT2D eigenvalue weighted by atomic mass is 32.2. The quantitative estimate of drug-likeness (QED) is 0.522. The van der Waals surface area contributed by atoms with Gasteiger partial charge in [-0.25, -0.2) is 19.4 Å². The standard InChI is InChI=1S/C23H22FN5O3S/c1-31-18-7-5-15(6-8-18)23(14-33-22(25)29-23)16-3-2-4-17(11-16)28-21(30)19-12-27-20(13-26-19)32-10-9-24/h2-8,11-13H,9-10,14H2,1H3,(H2,25,29)(H,28,30). The van der Waals surface area contributed by atoms with Crippen LogP contribution in [0.4, 0.5) is 10.1 Å². The number of nitrogens with two attached hydrogens (primary N) is 1. The predicted octanol–water partition coefficient (Wildman–Crippen LogP) is 3.39.